The van der Waals surface area contributed by atoms with Crippen LogP contribution in [0.3, 0.4) is 0 Å². The van der Waals surface area contributed by atoms with Crippen LogP contribution in [0.1, 0.15) is 22.8 Å². The average molecular weight is 251 g/mol. The molecular weight excluding hydrogens is 239 g/mol. The van der Waals surface area contributed by atoms with Gasteiger partial charge < -0.3 is 5.11 Å². The van der Waals surface area contributed by atoms with E-state index in [0.717, 1.165) is 11.1 Å². The molecule has 0 aliphatic heterocycles. The topological polar surface area (TPSA) is 20.2 Å². The molecule has 0 saturated carbocycles. The van der Waals surface area contributed by atoms with Gasteiger partial charge in [-0.2, -0.15) is 0 Å². The molecule has 1 atom stereocenters. The van der Waals surface area contributed by atoms with Crippen molar-refractivity contribution in [2.45, 2.75) is 13.0 Å². The van der Waals surface area contributed by atoms with Crippen LogP contribution in [0.2, 0.25) is 5.02 Å². The Balaban J connectivity index is 2.39. The Kier molecular flexibility index (Phi) is 3.46. The van der Waals surface area contributed by atoms with Crippen LogP contribution in [-0.2, 0) is 0 Å². The van der Waals surface area contributed by atoms with E-state index in [2.05, 4.69) is 0 Å². The number of rotatable bonds is 2. The zero-order valence-corrected chi connectivity index (χ0v) is 10.1. The maximum absolute atomic E-state index is 13.2. The summed E-state index contributed by atoms with van der Waals surface area (Å²) in [6, 6.07) is 11.5. The highest BCUT2D eigenvalue weighted by Gasteiger charge is 2.12. The van der Waals surface area contributed by atoms with E-state index in [4.69, 9.17) is 11.6 Å². The van der Waals surface area contributed by atoms with E-state index < -0.39 is 11.9 Å². The third-order valence-corrected chi connectivity index (χ3v) is 2.78. The monoisotopic (exact) mass is 250 g/mol. The number of halogens is 2. The highest BCUT2D eigenvalue weighted by Crippen LogP contribution is 2.25. The molecule has 2 rings (SSSR count). The van der Waals surface area contributed by atoms with Crippen molar-refractivity contribution in [1.29, 1.82) is 0 Å². The first-order valence-corrected chi connectivity index (χ1v) is 5.64. The molecule has 0 amide bonds. The Morgan fingerprint density at radius 3 is 2.53 bits per heavy atom. The summed E-state index contributed by atoms with van der Waals surface area (Å²) in [4.78, 5) is 0. The number of aryl methyl sites for hydroxylation is 1. The van der Waals surface area contributed by atoms with Gasteiger partial charge in [0.05, 0.1) is 0 Å². The fraction of sp³-hybridized carbons (Fsp3) is 0.143. The standard InChI is InChI=1S/C14H12ClFO/c1-9-3-2-4-10(5-9)14(17)11-6-12(15)8-13(16)7-11/h2-8,14,17H,1H3/t14-/m0/s1. The second kappa shape index (κ2) is 4.86. The van der Waals surface area contributed by atoms with Crippen LogP contribution in [0, 0.1) is 12.7 Å². The summed E-state index contributed by atoms with van der Waals surface area (Å²) in [5.74, 6) is -0.445. The summed E-state index contributed by atoms with van der Waals surface area (Å²) in [5, 5.41) is 10.4. The highest BCUT2D eigenvalue weighted by molar-refractivity contribution is 6.30. The first-order valence-electron chi connectivity index (χ1n) is 5.27. The Hall–Kier alpha value is -1.38. The molecule has 0 unspecified atom stereocenters. The van der Waals surface area contributed by atoms with Crippen molar-refractivity contribution in [1.82, 2.24) is 0 Å². The van der Waals surface area contributed by atoms with Crippen LogP contribution >= 0.6 is 11.6 Å². The summed E-state index contributed by atoms with van der Waals surface area (Å²) in [6.45, 7) is 1.94. The van der Waals surface area contributed by atoms with E-state index in [-0.39, 0.29) is 5.02 Å². The molecule has 0 spiro atoms. The van der Waals surface area contributed by atoms with Crippen molar-refractivity contribution < 1.29 is 9.50 Å². The minimum absolute atomic E-state index is 0.284. The molecule has 88 valence electrons. The molecule has 0 aliphatic rings. The van der Waals surface area contributed by atoms with Crippen LogP contribution < -0.4 is 0 Å². The minimum Gasteiger partial charge on any atom is -0.384 e. The van der Waals surface area contributed by atoms with Gasteiger partial charge >= 0.3 is 0 Å². The Labute approximate surface area is 104 Å². The van der Waals surface area contributed by atoms with E-state index in [1.165, 1.54) is 12.1 Å². The predicted molar refractivity (Wildman–Crippen MR) is 66.7 cm³/mol. The van der Waals surface area contributed by atoms with Gasteiger partial charge in [-0.3, -0.25) is 0 Å². The second-order valence-corrected chi connectivity index (χ2v) is 4.46. The normalized spacial score (nSPS) is 12.5. The number of benzene rings is 2. The van der Waals surface area contributed by atoms with Crippen molar-refractivity contribution in [3.8, 4) is 0 Å². The van der Waals surface area contributed by atoms with Gasteiger partial charge in [-0.25, -0.2) is 4.39 Å². The molecule has 1 nitrogen and oxygen atoms in total. The lowest BCUT2D eigenvalue weighted by Gasteiger charge is -2.12. The van der Waals surface area contributed by atoms with E-state index >= 15 is 0 Å². The van der Waals surface area contributed by atoms with E-state index in [0.29, 0.717) is 5.56 Å². The van der Waals surface area contributed by atoms with Crippen molar-refractivity contribution in [2.75, 3.05) is 0 Å². The van der Waals surface area contributed by atoms with E-state index in [9.17, 15) is 9.50 Å². The van der Waals surface area contributed by atoms with Gasteiger partial charge in [0, 0.05) is 5.02 Å². The summed E-state index contributed by atoms with van der Waals surface area (Å²) < 4.78 is 13.2. The maximum atomic E-state index is 13.2. The first kappa shape index (κ1) is 12.1. The Bertz CT molecular complexity index is 519. The molecule has 17 heavy (non-hydrogen) atoms. The SMILES string of the molecule is Cc1cccc([C@H](O)c2cc(F)cc(Cl)c2)c1. The molecule has 0 saturated heterocycles. The molecule has 2 aromatic carbocycles. The van der Waals surface area contributed by atoms with Gasteiger partial charge in [0.15, 0.2) is 0 Å². The number of hydrogen-bond acceptors (Lipinski definition) is 1. The number of aliphatic hydroxyl groups excluding tert-OH is 1. The molecule has 1 N–H and O–H groups in total. The van der Waals surface area contributed by atoms with Gasteiger partial charge in [-0.1, -0.05) is 41.4 Å². The van der Waals surface area contributed by atoms with Crippen molar-refractivity contribution >= 4 is 11.6 Å². The third kappa shape index (κ3) is 2.84. The van der Waals surface area contributed by atoms with Crippen LogP contribution in [-0.4, -0.2) is 5.11 Å². The quantitative estimate of drug-likeness (QED) is 0.858. The van der Waals surface area contributed by atoms with E-state index in [1.807, 2.05) is 25.1 Å². The zero-order valence-electron chi connectivity index (χ0n) is 9.32. The first-order chi connectivity index (χ1) is 8.06. The zero-order chi connectivity index (χ0) is 12.4. The van der Waals surface area contributed by atoms with Crippen molar-refractivity contribution in [3.05, 3.63) is 70.0 Å². The van der Waals surface area contributed by atoms with Gasteiger partial charge in [0.25, 0.3) is 0 Å². The minimum atomic E-state index is -0.858. The number of aliphatic hydroxyl groups is 1. The molecule has 0 fully saturated rings. The van der Waals surface area contributed by atoms with Crippen LogP contribution in [0.4, 0.5) is 4.39 Å². The maximum Gasteiger partial charge on any atom is 0.125 e. The molecule has 0 aromatic heterocycles. The summed E-state index contributed by atoms with van der Waals surface area (Å²) in [5.41, 5.74) is 2.23. The molecule has 3 heteroatoms. The molecule has 0 heterocycles. The van der Waals surface area contributed by atoms with Crippen molar-refractivity contribution in [2.24, 2.45) is 0 Å². The van der Waals surface area contributed by atoms with Crippen LogP contribution in [0.15, 0.2) is 42.5 Å². The molecule has 0 bridgehead atoms. The fourth-order valence-corrected chi connectivity index (χ4v) is 2.00. The van der Waals surface area contributed by atoms with Gasteiger partial charge in [-0.15, -0.1) is 0 Å². The number of hydrogen-bond donors (Lipinski definition) is 1. The second-order valence-electron chi connectivity index (χ2n) is 4.02. The molecular formula is C14H12ClFO. The fourth-order valence-electron chi connectivity index (χ4n) is 1.77. The van der Waals surface area contributed by atoms with Gasteiger partial charge in [0.1, 0.15) is 11.9 Å². The lowest BCUT2D eigenvalue weighted by molar-refractivity contribution is 0.219. The van der Waals surface area contributed by atoms with Crippen molar-refractivity contribution in [3.63, 3.8) is 0 Å². The van der Waals surface area contributed by atoms with Gasteiger partial charge in [-0.05, 0) is 36.2 Å². The molecule has 0 aliphatic carbocycles. The molecule has 0 radical (unpaired) electrons. The summed E-state index contributed by atoms with van der Waals surface area (Å²) in [6.07, 6.45) is -0.858. The van der Waals surface area contributed by atoms with Crippen LogP contribution in [0.25, 0.3) is 0 Å². The highest BCUT2D eigenvalue weighted by atomic mass is 35.5. The van der Waals surface area contributed by atoms with E-state index in [1.54, 1.807) is 12.1 Å². The summed E-state index contributed by atoms with van der Waals surface area (Å²) in [7, 11) is 0. The van der Waals surface area contributed by atoms with Gasteiger partial charge in [0.2, 0.25) is 0 Å². The third-order valence-electron chi connectivity index (χ3n) is 2.56. The summed E-state index contributed by atoms with van der Waals surface area (Å²) >= 11 is 5.76. The largest absolute Gasteiger partial charge is 0.384 e. The Morgan fingerprint density at radius 1 is 1.12 bits per heavy atom. The smallest absolute Gasteiger partial charge is 0.125 e. The lowest BCUT2D eigenvalue weighted by Crippen LogP contribution is -2.00. The lowest BCUT2D eigenvalue weighted by atomic mass is 10.00. The molecule has 2 aromatic rings. The average Bonchev–Trinajstić information content (AvgIpc) is 2.26. The van der Waals surface area contributed by atoms with Crippen LogP contribution in [0.5, 0.6) is 0 Å². The Morgan fingerprint density at radius 2 is 1.88 bits per heavy atom. The predicted octanol–water partition coefficient (Wildman–Crippen LogP) is 3.87.